The third kappa shape index (κ3) is 3.95. The summed E-state index contributed by atoms with van der Waals surface area (Å²) in [7, 11) is 0. The standard InChI is InChI=1S/C6H10NO2/c1-5(6(8)9)3-2-4-7/h5,8-9H,2-3H2,1H3. The van der Waals surface area contributed by atoms with E-state index in [1.807, 2.05) is 6.07 Å². The molecular formula is C6H10NO2. The quantitative estimate of drug-likeness (QED) is 0.599. The molecule has 3 heteroatoms. The number of nitriles is 1. The topological polar surface area (TPSA) is 64.2 Å². The van der Waals surface area contributed by atoms with E-state index in [-0.39, 0.29) is 5.92 Å². The van der Waals surface area contributed by atoms with Gasteiger partial charge in [-0.15, -0.1) is 0 Å². The zero-order chi connectivity index (χ0) is 7.28. The highest BCUT2D eigenvalue weighted by Crippen LogP contribution is 2.12. The predicted molar refractivity (Wildman–Crippen MR) is 31.1 cm³/mol. The first-order chi connectivity index (χ1) is 4.18. The molecule has 0 amide bonds. The Balaban J connectivity index is 3.29. The first kappa shape index (κ1) is 8.41. The predicted octanol–water partition coefficient (Wildman–Crippen LogP) is 1.16. The lowest BCUT2D eigenvalue weighted by Gasteiger charge is -2.07. The molecule has 1 unspecified atom stereocenters. The molecule has 1 atom stereocenters. The molecule has 0 rings (SSSR count). The van der Waals surface area contributed by atoms with Crippen molar-refractivity contribution in [2.24, 2.45) is 5.92 Å². The van der Waals surface area contributed by atoms with Crippen molar-refractivity contribution in [2.75, 3.05) is 0 Å². The fraction of sp³-hybridized carbons (Fsp3) is 0.667. The van der Waals surface area contributed by atoms with Crippen LogP contribution < -0.4 is 0 Å². The van der Waals surface area contributed by atoms with Crippen molar-refractivity contribution >= 4 is 0 Å². The summed E-state index contributed by atoms with van der Waals surface area (Å²) in [5.74, 6) is -0.273. The van der Waals surface area contributed by atoms with E-state index in [4.69, 9.17) is 15.5 Å². The van der Waals surface area contributed by atoms with Gasteiger partial charge in [0.15, 0.2) is 0 Å². The highest BCUT2D eigenvalue weighted by molar-refractivity contribution is 4.75. The van der Waals surface area contributed by atoms with Crippen molar-refractivity contribution in [3.63, 3.8) is 0 Å². The van der Waals surface area contributed by atoms with Crippen molar-refractivity contribution in [1.82, 2.24) is 0 Å². The molecule has 0 aromatic carbocycles. The monoisotopic (exact) mass is 128 g/mol. The lowest BCUT2D eigenvalue weighted by atomic mass is 10.1. The van der Waals surface area contributed by atoms with Gasteiger partial charge in [-0.1, -0.05) is 6.92 Å². The van der Waals surface area contributed by atoms with Crippen LogP contribution in [-0.2, 0) is 0 Å². The molecule has 0 fully saturated rings. The van der Waals surface area contributed by atoms with E-state index >= 15 is 0 Å². The Hall–Kier alpha value is -0.590. The summed E-state index contributed by atoms with van der Waals surface area (Å²) in [6, 6.07) is 1.92. The molecule has 0 spiro atoms. The van der Waals surface area contributed by atoms with Crippen molar-refractivity contribution < 1.29 is 10.2 Å². The molecule has 1 radical (unpaired) electrons. The smallest absolute Gasteiger partial charge is 0.221 e. The molecule has 0 aliphatic rings. The van der Waals surface area contributed by atoms with Gasteiger partial charge in [0.1, 0.15) is 0 Å². The van der Waals surface area contributed by atoms with Crippen LogP contribution in [0.25, 0.3) is 0 Å². The van der Waals surface area contributed by atoms with E-state index in [9.17, 15) is 0 Å². The molecule has 9 heavy (non-hydrogen) atoms. The van der Waals surface area contributed by atoms with E-state index in [0.717, 1.165) is 0 Å². The van der Waals surface area contributed by atoms with Gasteiger partial charge >= 0.3 is 0 Å². The molecule has 3 nitrogen and oxygen atoms in total. The van der Waals surface area contributed by atoms with Gasteiger partial charge in [0.05, 0.1) is 6.07 Å². The number of aliphatic hydroxyl groups is 2. The Kier molecular flexibility index (Phi) is 4.02. The second kappa shape index (κ2) is 4.30. The van der Waals surface area contributed by atoms with E-state index in [0.29, 0.717) is 12.8 Å². The molecule has 0 aromatic heterocycles. The number of aliphatic hydroxyl groups excluding tert-OH is 1. The van der Waals surface area contributed by atoms with Gasteiger partial charge in [-0.05, 0) is 6.42 Å². The van der Waals surface area contributed by atoms with Crippen molar-refractivity contribution in [1.29, 1.82) is 5.26 Å². The van der Waals surface area contributed by atoms with Crippen LogP contribution >= 0.6 is 0 Å². The lowest BCUT2D eigenvalue weighted by molar-refractivity contribution is 0.0369. The third-order valence-electron chi connectivity index (χ3n) is 1.13. The maximum absolute atomic E-state index is 8.41. The summed E-state index contributed by atoms with van der Waals surface area (Å²) in [4.78, 5) is 0. The normalized spacial score (nSPS) is 13.2. The molecule has 0 saturated heterocycles. The molecule has 0 aliphatic heterocycles. The Morgan fingerprint density at radius 2 is 2.22 bits per heavy atom. The van der Waals surface area contributed by atoms with Gasteiger partial charge in [0, 0.05) is 12.3 Å². The van der Waals surface area contributed by atoms with Gasteiger partial charge < -0.3 is 10.2 Å². The van der Waals surface area contributed by atoms with Gasteiger partial charge in [0.2, 0.25) is 6.29 Å². The zero-order valence-corrected chi connectivity index (χ0v) is 5.33. The van der Waals surface area contributed by atoms with Crippen LogP contribution in [0.15, 0.2) is 0 Å². The first-order valence-corrected chi connectivity index (χ1v) is 2.80. The summed E-state index contributed by atoms with van der Waals surface area (Å²) in [5, 5.41) is 24.9. The Bertz CT molecular complexity index is 106. The average Bonchev–Trinajstić information content (AvgIpc) is 1.82. The lowest BCUT2D eigenvalue weighted by Crippen LogP contribution is -2.06. The van der Waals surface area contributed by atoms with Gasteiger partial charge in [-0.2, -0.15) is 5.26 Å². The van der Waals surface area contributed by atoms with Gasteiger partial charge in [0.25, 0.3) is 0 Å². The second-order valence-corrected chi connectivity index (χ2v) is 1.96. The molecule has 0 heterocycles. The van der Waals surface area contributed by atoms with Crippen molar-refractivity contribution in [3.8, 4) is 6.07 Å². The van der Waals surface area contributed by atoms with Crippen LogP contribution in [0.3, 0.4) is 0 Å². The van der Waals surface area contributed by atoms with Crippen molar-refractivity contribution in [2.45, 2.75) is 19.8 Å². The fourth-order valence-electron chi connectivity index (χ4n) is 0.410. The number of rotatable bonds is 3. The summed E-state index contributed by atoms with van der Waals surface area (Å²) in [6.45, 7) is 1.66. The molecular weight excluding hydrogens is 118 g/mol. The van der Waals surface area contributed by atoms with Crippen LogP contribution in [0.5, 0.6) is 0 Å². The van der Waals surface area contributed by atoms with Gasteiger partial charge in [-0.3, -0.25) is 0 Å². The zero-order valence-electron chi connectivity index (χ0n) is 5.33. The number of hydrogen-bond acceptors (Lipinski definition) is 3. The van der Waals surface area contributed by atoms with Crippen LogP contribution in [0.1, 0.15) is 19.8 Å². The molecule has 0 bridgehead atoms. The van der Waals surface area contributed by atoms with E-state index in [1.54, 1.807) is 6.92 Å². The first-order valence-electron chi connectivity index (χ1n) is 2.80. The average molecular weight is 128 g/mol. The number of nitrogens with zero attached hydrogens (tertiary/aromatic N) is 1. The molecule has 0 aliphatic carbocycles. The molecule has 51 valence electrons. The minimum absolute atomic E-state index is 0.273. The molecule has 0 saturated carbocycles. The molecule has 0 aromatic rings. The van der Waals surface area contributed by atoms with Crippen molar-refractivity contribution in [3.05, 3.63) is 6.29 Å². The Morgan fingerprint density at radius 1 is 1.67 bits per heavy atom. The van der Waals surface area contributed by atoms with Crippen LogP contribution in [0, 0.1) is 23.5 Å². The highest BCUT2D eigenvalue weighted by Gasteiger charge is 2.10. The van der Waals surface area contributed by atoms with Crippen LogP contribution in [0.2, 0.25) is 0 Å². The van der Waals surface area contributed by atoms with Crippen LogP contribution in [0.4, 0.5) is 0 Å². The maximum Gasteiger partial charge on any atom is 0.221 e. The SMILES string of the molecule is CC(CCC#N)[C](O)O. The minimum Gasteiger partial charge on any atom is -0.361 e. The largest absolute Gasteiger partial charge is 0.361 e. The Labute approximate surface area is 54.5 Å². The van der Waals surface area contributed by atoms with Crippen LogP contribution in [-0.4, -0.2) is 10.2 Å². The fourth-order valence-corrected chi connectivity index (χ4v) is 0.410. The maximum atomic E-state index is 8.41. The third-order valence-corrected chi connectivity index (χ3v) is 1.13. The Morgan fingerprint density at radius 3 is 2.56 bits per heavy atom. The van der Waals surface area contributed by atoms with E-state index in [2.05, 4.69) is 0 Å². The van der Waals surface area contributed by atoms with Gasteiger partial charge in [-0.25, -0.2) is 0 Å². The second-order valence-electron chi connectivity index (χ2n) is 1.96. The minimum atomic E-state index is -0.578. The summed E-state index contributed by atoms with van der Waals surface area (Å²) in [6.07, 6.45) is 0.301. The number of hydrogen-bond donors (Lipinski definition) is 2. The summed E-state index contributed by atoms with van der Waals surface area (Å²) in [5.41, 5.74) is 0. The summed E-state index contributed by atoms with van der Waals surface area (Å²) < 4.78 is 0. The van der Waals surface area contributed by atoms with E-state index < -0.39 is 6.29 Å². The van der Waals surface area contributed by atoms with E-state index in [1.165, 1.54) is 0 Å². The highest BCUT2D eigenvalue weighted by atomic mass is 16.5. The molecule has 2 N–H and O–H groups in total. The summed E-state index contributed by atoms with van der Waals surface area (Å²) >= 11 is 0.